The molecule has 1 nitrogen and oxygen atoms in total. The quantitative estimate of drug-likeness (QED) is 0.258. The number of unbranched alkanes of at least 4 members (excludes halogenated alkanes) is 10. The number of rotatable bonds is 14. The van der Waals surface area contributed by atoms with Crippen LogP contribution < -0.4 is 0 Å². The van der Waals surface area contributed by atoms with E-state index >= 15 is 0 Å². The Morgan fingerprint density at radius 3 is 1.21 bits per heavy atom. The van der Waals surface area contributed by atoms with Crippen molar-refractivity contribution in [2.24, 2.45) is 0 Å². The van der Waals surface area contributed by atoms with Crippen LogP contribution >= 0.6 is 0 Å². The van der Waals surface area contributed by atoms with Gasteiger partial charge in [-0.1, -0.05) is 78.1 Å². The van der Waals surface area contributed by atoms with Crippen molar-refractivity contribution in [2.45, 2.75) is 90.9 Å². The minimum Gasteiger partial charge on any atom is -0.381 e. The van der Waals surface area contributed by atoms with E-state index in [-0.39, 0.29) is 0 Å². The summed E-state index contributed by atoms with van der Waals surface area (Å²) in [5.74, 6) is 0. The van der Waals surface area contributed by atoms with Gasteiger partial charge in [-0.15, -0.1) is 13.2 Å². The molecule has 0 unspecified atom stereocenters. The second-order valence-corrected chi connectivity index (χ2v) is 5.15. The summed E-state index contributed by atoms with van der Waals surface area (Å²) in [6, 6.07) is 0. The number of hydrogen-bond donors (Lipinski definition) is 0. The first-order valence-corrected chi connectivity index (χ1v) is 8.49. The Morgan fingerprint density at radius 1 is 0.526 bits per heavy atom. The van der Waals surface area contributed by atoms with E-state index in [2.05, 4.69) is 27.0 Å². The van der Waals surface area contributed by atoms with Gasteiger partial charge in [-0.2, -0.15) is 0 Å². The van der Waals surface area contributed by atoms with Gasteiger partial charge >= 0.3 is 0 Å². The minimum absolute atomic E-state index is 0.987. The fourth-order valence-electron chi connectivity index (χ4n) is 2.07. The fraction of sp³-hybridized carbons (Fsp3) is 0.889. The van der Waals surface area contributed by atoms with Crippen LogP contribution in [0.2, 0.25) is 0 Å². The van der Waals surface area contributed by atoms with Gasteiger partial charge in [0.15, 0.2) is 0 Å². The Hall–Kier alpha value is -0.300. The van der Waals surface area contributed by atoms with Gasteiger partial charge in [0.2, 0.25) is 0 Å². The molecule has 0 amide bonds. The van der Waals surface area contributed by atoms with Crippen molar-refractivity contribution in [3.8, 4) is 0 Å². The standard InChI is InChI=1S/C16H34O.C2H4/c1-3-5-7-9-11-13-15-17-16-14-12-10-8-6-4-2;1-2/h3-16H2,1-2H3;1-2H2. The van der Waals surface area contributed by atoms with Crippen molar-refractivity contribution >= 4 is 0 Å². The van der Waals surface area contributed by atoms with Crippen LogP contribution in [0.5, 0.6) is 0 Å². The van der Waals surface area contributed by atoms with Crippen LogP contribution in [0.25, 0.3) is 0 Å². The van der Waals surface area contributed by atoms with E-state index in [1.165, 1.54) is 77.0 Å². The molecule has 0 saturated heterocycles. The summed E-state index contributed by atoms with van der Waals surface area (Å²) >= 11 is 0. The largest absolute Gasteiger partial charge is 0.381 e. The van der Waals surface area contributed by atoms with Gasteiger partial charge < -0.3 is 4.74 Å². The molecule has 0 radical (unpaired) electrons. The minimum atomic E-state index is 0.987. The molecule has 0 aromatic rings. The first kappa shape index (κ1) is 21.0. The Labute approximate surface area is 122 Å². The first-order chi connectivity index (χ1) is 9.41. The molecule has 0 aliphatic carbocycles. The Bertz CT molecular complexity index is 120. The zero-order chi connectivity index (χ0) is 14.6. The normalized spacial score (nSPS) is 10.0. The van der Waals surface area contributed by atoms with E-state index < -0.39 is 0 Å². The Kier molecular flexibility index (Phi) is 25.3. The van der Waals surface area contributed by atoms with Gasteiger partial charge in [0.25, 0.3) is 0 Å². The lowest BCUT2D eigenvalue weighted by Gasteiger charge is -2.04. The maximum atomic E-state index is 5.65. The predicted octanol–water partition coefficient (Wildman–Crippen LogP) is 6.53. The SMILES string of the molecule is C=C.CCCCCCCCOCCCCCCCC. The highest BCUT2D eigenvalue weighted by Gasteiger charge is 1.92. The smallest absolute Gasteiger partial charge is 0.0466 e. The molecule has 0 spiro atoms. The lowest BCUT2D eigenvalue weighted by atomic mass is 10.1. The molecule has 1 heteroatoms. The molecule has 0 heterocycles. The van der Waals surface area contributed by atoms with Crippen LogP contribution in [-0.4, -0.2) is 13.2 Å². The van der Waals surface area contributed by atoms with Crippen molar-refractivity contribution in [1.29, 1.82) is 0 Å². The highest BCUT2D eigenvalue weighted by molar-refractivity contribution is 4.45. The molecule has 116 valence electrons. The second kappa shape index (κ2) is 22.8. The van der Waals surface area contributed by atoms with Gasteiger partial charge in [0, 0.05) is 13.2 Å². The van der Waals surface area contributed by atoms with Gasteiger partial charge in [-0.3, -0.25) is 0 Å². The molecule has 0 bridgehead atoms. The molecule has 0 aliphatic rings. The number of hydrogen-bond acceptors (Lipinski definition) is 1. The topological polar surface area (TPSA) is 9.23 Å². The van der Waals surface area contributed by atoms with Crippen molar-refractivity contribution in [3.05, 3.63) is 13.2 Å². The van der Waals surface area contributed by atoms with Crippen LogP contribution in [0.3, 0.4) is 0 Å². The van der Waals surface area contributed by atoms with E-state index in [1.807, 2.05) is 0 Å². The third-order valence-electron chi connectivity index (χ3n) is 3.28. The molecule has 19 heavy (non-hydrogen) atoms. The molecule has 0 N–H and O–H groups in total. The van der Waals surface area contributed by atoms with E-state index in [4.69, 9.17) is 4.74 Å². The summed E-state index contributed by atoms with van der Waals surface area (Å²) in [5, 5.41) is 0. The van der Waals surface area contributed by atoms with Crippen LogP contribution in [0.15, 0.2) is 13.2 Å². The number of ether oxygens (including phenoxy) is 1. The summed E-state index contributed by atoms with van der Waals surface area (Å²) in [4.78, 5) is 0. The van der Waals surface area contributed by atoms with Crippen molar-refractivity contribution in [2.75, 3.05) is 13.2 Å². The average Bonchev–Trinajstić information content (AvgIpc) is 2.46. The van der Waals surface area contributed by atoms with E-state index in [0.29, 0.717) is 0 Å². The lowest BCUT2D eigenvalue weighted by molar-refractivity contribution is 0.125. The van der Waals surface area contributed by atoms with Crippen LogP contribution in [-0.2, 0) is 4.74 Å². The molecular formula is C18H38O. The highest BCUT2D eigenvalue weighted by Crippen LogP contribution is 2.06. The average molecular weight is 271 g/mol. The molecule has 0 rings (SSSR count). The summed E-state index contributed by atoms with van der Waals surface area (Å²) in [6.07, 6.45) is 16.3. The lowest BCUT2D eigenvalue weighted by Crippen LogP contribution is -1.97. The third kappa shape index (κ3) is 23.2. The zero-order valence-corrected chi connectivity index (χ0v) is 13.7. The van der Waals surface area contributed by atoms with Gasteiger partial charge in [0.1, 0.15) is 0 Å². The van der Waals surface area contributed by atoms with Crippen LogP contribution in [0, 0.1) is 0 Å². The fourth-order valence-corrected chi connectivity index (χ4v) is 2.07. The second-order valence-electron chi connectivity index (χ2n) is 5.15. The summed E-state index contributed by atoms with van der Waals surface area (Å²) < 4.78 is 5.65. The Morgan fingerprint density at radius 2 is 0.842 bits per heavy atom. The molecule has 0 aromatic carbocycles. The van der Waals surface area contributed by atoms with Gasteiger partial charge in [0.05, 0.1) is 0 Å². The van der Waals surface area contributed by atoms with Gasteiger partial charge in [-0.05, 0) is 12.8 Å². The van der Waals surface area contributed by atoms with Crippen LogP contribution in [0.1, 0.15) is 90.9 Å². The maximum absolute atomic E-state index is 5.65. The Balaban J connectivity index is 0. The molecule has 0 saturated carbocycles. The van der Waals surface area contributed by atoms with Crippen LogP contribution in [0.4, 0.5) is 0 Å². The monoisotopic (exact) mass is 270 g/mol. The highest BCUT2D eigenvalue weighted by atomic mass is 16.5. The molecular weight excluding hydrogens is 232 g/mol. The molecule has 0 aromatic heterocycles. The van der Waals surface area contributed by atoms with E-state index in [9.17, 15) is 0 Å². The van der Waals surface area contributed by atoms with E-state index in [0.717, 1.165) is 13.2 Å². The summed E-state index contributed by atoms with van der Waals surface area (Å²) in [5.41, 5.74) is 0. The zero-order valence-electron chi connectivity index (χ0n) is 13.7. The third-order valence-corrected chi connectivity index (χ3v) is 3.28. The molecule has 0 atom stereocenters. The summed E-state index contributed by atoms with van der Waals surface area (Å²) in [6.45, 7) is 12.5. The molecule has 0 fully saturated rings. The van der Waals surface area contributed by atoms with Gasteiger partial charge in [-0.25, -0.2) is 0 Å². The molecule has 0 aliphatic heterocycles. The van der Waals surface area contributed by atoms with Crippen molar-refractivity contribution < 1.29 is 4.74 Å². The van der Waals surface area contributed by atoms with Crippen molar-refractivity contribution in [3.63, 3.8) is 0 Å². The maximum Gasteiger partial charge on any atom is 0.0466 e. The van der Waals surface area contributed by atoms with Crippen molar-refractivity contribution in [1.82, 2.24) is 0 Å². The first-order valence-electron chi connectivity index (χ1n) is 8.49. The summed E-state index contributed by atoms with van der Waals surface area (Å²) in [7, 11) is 0. The predicted molar refractivity (Wildman–Crippen MR) is 88.8 cm³/mol. The van der Waals surface area contributed by atoms with E-state index in [1.54, 1.807) is 0 Å².